The smallest absolute Gasteiger partial charge is 0.121 e. The minimum atomic E-state index is -0.271. The molecule has 0 amide bonds. The number of aryl methyl sites for hydroxylation is 1. The highest BCUT2D eigenvalue weighted by Gasteiger charge is 2.41. The van der Waals surface area contributed by atoms with E-state index in [0.717, 1.165) is 49.1 Å². The second kappa shape index (κ2) is 9.86. The number of para-hydroxylation sites is 2. The van der Waals surface area contributed by atoms with Crippen molar-refractivity contribution in [1.29, 1.82) is 0 Å². The lowest BCUT2D eigenvalue weighted by Crippen LogP contribution is -2.60. The Kier molecular flexibility index (Phi) is 6.51. The molecule has 2 unspecified atom stereocenters. The highest BCUT2D eigenvalue weighted by atomic mass is 15.2. The number of nitrogens with one attached hydrogen (secondary N) is 3. The zero-order valence-electron chi connectivity index (χ0n) is 19.3. The molecule has 2 aromatic heterocycles. The molecule has 0 saturated heterocycles. The van der Waals surface area contributed by atoms with E-state index in [1.54, 1.807) is 0 Å². The maximum absolute atomic E-state index is 4.89. The summed E-state index contributed by atoms with van der Waals surface area (Å²) in [5.74, 6) is 1.27. The normalized spacial score (nSPS) is 17.5. The lowest BCUT2D eigenvalue weighted by Gasteiger charge is -2.44. The van der Waals surface area contributed by atoms with Gasteiger partial charge in [-0.2, -0.15) is 0 Å². The highest BCUT2D eigenvalue weighted by molar-refractivity contribution is 5.74. The molecule has 5 rings (SSSR count). The van der Waals surface area contributed by atoms with Crippen molar-refractivity contribution < 1.29 is 0 Å². The molecule has 4 aromatic rings. The molecule has 0 aliphatic heterocycles. The Hall–Kier alpha value is -3.02. The zero-order valence-corrected chi connectivity index (χ0v) is 19.3. The van der Waals surface area contributed by atoms with Gasteiger partial charge in [-0.3, -0.25) is 15.6 Å². The molecule has 2 atom stereocenters. The first-order valence-electron chi connectivity index (χ1n) is 12.2. The van der Waals surface area contributed by atoms with Crippen molar-refractivity contribution >= 4 is 11.0 Å². The van der Waals surface area contributed by atoms with E-state index in [0.29, 0.717) is 12.5 Å². The Morgan fingerprint density at radius 1 is 0.970 bits per heavy atom. The van der Waals surface area contributed by atoms with Crippen molar-refractivity contribution in [3.8, 4) is 0 Å². The third kappa shape index (κ3) is 4.70. The topological polar surface area (TPSA) is 65.6 Å². The van der Waals surface area contributed by atoms with Crippen molar-refractivity contribution in [2.24, 2.45) is 0 Å². The number of H-pyrrole nitrogens is 1. The van der Waals surface area contributed by atoms with Crippen LogP contribution in [0.15, 0.2) is 72.9 Å². The van der Waals surface area contributed by atoms with Gasteiger partial charge in [0.1, 0.15) is 5.82 Å². The van der Waals surface area contributed by atoms with Gasteiger partial charge in [0.25, 0.3) is 0 Å². The van der Waals surface area contributed by atoms with Gasteiger partial charge in [-0.15, -0.1) is 0 Å². The van der Waals surface area contributed by atoms with Crippen LogP contribution in [0.5, 0.6) is 0 Å². The van der Waals surface area contributed by atoms with Crippen LogP contribution < -0.4 is 10.6 Å². The number of aromatic nitrogens is 3. The monoisotopic (exact) mass is 439 g/mol. The molecule has 33 heavy (non-hydrogen) atoms. The van der Waals surface area contributed by atoms with Gasteiger partial charge in [0.15, 0.2) is 0 Å². The summed E-state index contributed by atoms with van der Waals surface area (Å²) in [4.78, 5) is 13.2. The van der Waals surface area contributed by atoms with Gasteiger partial charge < -0.3 is 4.98 Å². The quantitative estimate of drug-likeness (QED) is 0.303. The molecule has 1 aliphatic rings. The standard InChI is InChI=1S/C28H33N5/c1-2-17-28(30-19-21-10-4-3-5-11-21,23-14-8-12-22-13-9-18-29-27(22)23)31-20-26-32-24-15-6-7-16-25(24)33-26/h3-7,9-11,13,15-16,18,23,30-31H,2,8,12,14,17,19-20H2,1H3,(H,32,33). The molecule has 5 nitrogen and oxygen atoms in total. The number of aromatic amines is 1. The van der Waals surface area contributed by atoms with Crippen LogP contribution in [-0.2, 0) is 19.5 Å². The molecular weight excluding hydrogens is 406 g/mol. The Morgan fingerprint density at radius 2 is 1.79 bits per heavy atom. The summed E-state index contributed by atoms with van der Waals surface area (Å²) in [7, 11) is 0. The van der Waals surface area contributed by atoms with Crippen LogP contribution in [-0.4, -0.2) is 20.6 Å². The second-order valence-corrected chi connectivity index (χ2v) is 9.11. The summed E-state index contributed by atoms with van der Waals surface area (Å²) in [5, 5.41) is 7.92. The van der Waals surface area contributed by atoms with Gasteiger partial charge in [0.2, 0.25) is 0 Å². The first kappa shape index (κ1) is 21.8. The van der Waals surface area contributed by atoms with Crippen molar-refractivity contribution in [2.45, 2.75) is 63.7 Å². The molecule has 0 radical (unpaired) electrons. The summed E-state index contributed by atoms with van der Waals surface area (Å²) in [6, 6.07) is 23.2. The van der Waals surface area contributed by atoms with Crippen molar-refractivity contribution in [3.63, 3.8) is 0 Å². The van der Waals surface area contributed by atoms with E-state index in [2.05, 4.69) is 77.1 Å². The van der Waals surface area contributed by atoms with Crippen LogP contribution in [0.3, 0.4) is 0 Å². The van der Waals surface area contributed by atoms with Crippen LogP contribution in [0.4, 0.5) is 0 Å². The Morgan fingerprint density at radius 3 is 2.64 bits per heavy atom. The lowest BCUT2D eigenvalue weighted by molar-refractivity contribution is 0.165. The fourth-order valence-electron chi connectivity index (χ4n) is 5.33. The average Bonchev–Trinajstić information content (AvgIpc) is 3.29. The van der Waals surface area contributed by atoms with Crippen LogP contribution in [0, 0.1) is 0 Å². The molecule has 2 heterocycles. The number of nitrogens with zero attached hydrogens (tertiary/aromatic N) is 2. The van der Waals surface area contributed by atoms with E-state index in [1.165, 1.54) is 23.2 Å². The van der Waals surface area contributed by atoms with Crippen molar-refractivity contribution in [2.75, 3.05) is 0 Å². The van der Waals surface area contributed by atoms with Gasteiger partial charge >= 0.3 is 0 Å². The van der Waals surface area contributed by atoms with Gasteiger partial charge in [0.05, 0.1) is 23.2 Å². The lowest BCUT2D eigenvalue weighted by atomic mass is 9.76. The number of benzene rings is 2. The van der Waals surface area contributed by atoms with E-state index in [4.69, 9.17) is 9.97 Å². The summed E-state index contributed by atoms with van der Waals surface area (Å²) < 4.78 is 0. The van der Waals surface area contributed by atoms with Gasteiger partial charge in [0, 0.05) is 24.4 Å². The maximum atomic E-state index is 4.89. The summed E-state index contributed by atoms with van der Waals surface area (Å²) >= 11 is 0. The van der Waals surface area contributed by atoms with E-state index in [1.807, 2.05) is 18.3 Å². The van der Waals surface area contributed by atoms with Crippen molar-refractivity contribution in [3.05, 3.63) is 95.6 Å². The molecule has 0 spiro atoms. The Labute approximate surface area is 196 Å². The average molecular weight is 440 g/mol. The molecule has 0 bridgehead atoms. The number of rotatable bonds is 9. The first-order valence-corrected chi connectivity index (χ1v) is 12.2. The van der Waals surface area contributed by atoms with Gasteiger partial charge in [-0.05, 0) is 55.0 Å². The van der Waals surface area contributed by atoms with Crippen molar-refractivity contribution in [1.82, 2.24) is 25.6 Å². The predicted molar refractivity (Wildman–Crippen MR) is 134 cm³/mol. The van der Waals surface area contributed by atoms with Crippen LogP contribution in [0.2, 0.25) is 0 Å². The molecule has 2 aromatic carbocycles. The van der Waals surface area contributed by atoms with E-state index in [-0.39, 0.29) is 5.66 Å². The van der Waals surface area contributed by atoms with Gasteiger partial charge in [-0.1, -0.05) is 61.9 Å². The molecule has 170 valence electrons. The van der Waals surface area contributed by atoms with E-state index >= 15 is 0 Å². The van der Waals surface area contributed by atoms with E-state index < -0.39 is 0 Å². The predicted octanol–water partition coefficient (Wildman–Crippen LogP) is 5.45. The van der Waals surface area contributed by atoms with Crippen LogP contribution in [0.25, 0.3) is 11.0 Å². The van der Waals surface area contributed by atoms with E-state index in [9.17, 15) is 0 Å². The molecule has 0 fully saturated rings. The van der Waals surface area contributed by atoms with Crippen LogP contribution >= 0.6 is 0 Å². The summed E-state index contributed by atoms with van der Waals surface area (Å²) in [5.41, 5.74) is 5.75. The largest absolute Gasteiger partial charge is 0.341 e. The summed E-state index contributed by atoms with van der Waals surface area (Å²) in [6.45, 7) is 3.76. The highest BCUT2D eigenvalue weighted by Crippen LogP contribution is 2.39. The minimum absolute atomic E-state index is 0.271. The van der Waals surface area contributed by atoms with Gasteiger partial charge in [-0.25, -0.2) is 4.98 Å². The van der Waals surface area contributed by atoms with Crippen LogP contribution in [0.1, 0.15) is 61.2 Å². The number of hydrogen-bond acceptors (Lipinski definition) is 4. The number of hydrogen-bond donors (Lipinski definition) is 3. The molecule has 5 heteroatoms. The summed E-state index contributed by atoms with van der Waals surface area (Å²) in [6.07, 6.45) is 7.47. The Balaban J connectivity index is 1.48. The second-order valence-electron chi connectivity index (χ2n) is 9.11. The fourth-order valence-corrected chi connectivity index (χ4v) is 5.33. The number of fused-ring (bicyclic) bond motifs is 2. The third-order valence-electron chi connectivity index (χ3n) is 6.89. The molecule has 1 aliphatic carbocycles. The first-order chi connectivity index (χ1) is 16.3. The maximum Gasteiger partial charge on any atom is 0.121 e. The fraction of sp³-hybridized carbons (Fsp3) is 0.357. The molecule has 3 N–H and O–H groups in total. The Bertz CT molecular complexity index is 1150. The molecule has 0 saturated carbocycles. The molecular formula is C28H33N5. The minimum Gasteiger partial charge on any atom is -0.341 e. The zero-order chi connectivity index (χ0) is 22.5. The number of imidazole rings is 1. The SMILES string of the molecule is CCCC(NCc1ccccc1)(NCc1nc2ccccc2[nH]1)C1CCCc2cccnc21. The number of pyridine rings is 1. The third-order valence-corrected chi connectivity index (χ3v) is 6.89.